The van der Waals surface area contributed by atoms with Crippen molar-refractivity contribution in [2.45, 2.75) is 19.9 Å². The van der Waals surface area contributed by atoms with Crippen LogP contribution >= 0.6 is 0 Å². The van der Waals surface area contributed by atoms with Crippen LogP contribution in [0.1, 0.15) is 13.3 Å². The third-order valence-corrected chi connectivity index (χ3v) is 2.10. The van der Waals surface area contributed by atoms with Crippen LogP contribution in [0.15, 0.2) is 18.6 Å². The van der Waals surface area contributed by atoms with Gasteiger partial charge in [-0.2, -0.15) is 5.10 Å². The number of nitrogens with two attached hydrogens (primary N) is 1. The molecule has 0 saturated heterocycles. The fraction of sp³-hybridized carbons (Fsp3) is 0.400. The normalized spacial score (nSPS) is 10.6. The summed E-state index contributed by atoms with van der Waals surface area (Å²) in [5, 5.41) is 8.25. The molecule has 0 saturated carbocycles. The van der Waals surface area contributed by atoms with Crippen molar-refractivity contribution < 1.29 is 4.74 Å². The number of ether oxygens (including phenoxy) is 1. The Bertz CT molecular complexity index is 473. The Labute approximate surface area is 93.6 Å². The molecule has 0 aliphatic carbocycles. The van der Waals surface area contributed by atoms with Crippen LogP contribution in [0.4, 0.5) is 5.69 Å². The Balaban J connectivity index is 2.11. The van der Waals surface area contributed by atoms with Crippen molar-refractivity contribution in [2.75, 3.05) is 5.73 Å². The number of aryl methyl sites for hydroxylation is 2. The Morgan fingerprint density at radius 2 is 2.25 bits per heavy atom. The summed E-state index contributed by atoms with van der Waals surface area (Å²) in [6, 6.07) is 0. The minimum Gasteiger partial charge on any atom is -0.433 e. The molecule has 0 atom stereocenters. The smallest absolute Gasteiger partial charge is 0.261 e. The van der Waals surface area contributed by atoms with E-state index in [0.717, 1.165) is 13.0 Å². The van der Waals surface area contributed by atoms with Gasteiger partial charge in [0, 0.05) is 13.6 Å². The summed E-state index contributed by atoms with van der Waals surface area (Å²) in [6.07, 6.45) is 6.22. The number of nitrogen functional groups attached to an aromatic ring is 1. The van der Waals surface area contributed by atoms with Crippen LogP contribution in [0.25, 0.3) is 0 Å². The zero-order valence-electron chi connectivity index (χ0n) is 9.42. The first-order valence-electron chi connectivity index (χ1n) is 5.18. The molecule has 0 unspecified atom stereocenters. The number of rotatable bonds is 4. The monoisotopic (exact) mass is 221 g/mol. The van der Waals surface area contributed by atoms with Gasteiger partial charge in [0.2, 0.25) is 0 Å². The molecule has 86 valence electrons. The van der Waals surface area contributed by atoms with Crippen LogP contribution in [-0.2, 0) is 13.6 Å². The van der Waals surface area contributed by atoms with Gasteiger partial charge in [-0.15, -0.1) is 5.10 Å². The van der Waals surface area contributed by atoms with Crippen LogP contribution in [-0.4, -0.2) is 19.6 Å². The Kier molecular flexibility index (Phi) is 2.80. The van der Waals surface area contributed by atoms with Gasteiger partial charge in [0.25, 0.3) is 5.88 Å². The van der Waals surface area contributed by atoms with Gasteiger partial charge in [0.05, 0.1) is 18.6 Å². The SMILES string of the molecule is CCCn1cc(Oc2nn(C)cc2N)cn1. The molecule has 2 aromatic heterocycles. The highest BCUT2D eigenvalue weighted by Gasteiger charge is 2.08. The molecule has 0 spiro atoms. The minimum absolute atomic E-state index is 0.415. The van der Waals surface area contributed by atoms with E-state index in [2.05, 4.69) is 17.1 Å². The lowest BCUT2D eigenvalue weighted by atomic mass is 10.5. The molecule has 16 heavy (non-hydrogen) atoms. The van der Waals surface area contributed by atoms with E-state index < -0.39 is 0 Å². The first-order chi connectivity index (χ1) is 7.69. The summed E-state index contributed by atoms with van der Waals surface area (Å²) in [5.74, 6) is 1.07. The summed E-state index contributed by atoms with van der Waals surface area (Å²) in [6.45, 7) is 2.97. The van der Waals surface area contributed by atoms with Crippen LogP contribution in [0.2, 0.25) is 0 Å². The Morgan fingerprint density at radius 1 is 1.44 bits per heavy atom. The van der Waals surface area contributed by atoms with Crippen LogP contribution in [0, 0.1) is 0 Å². The Hall–Kier alpha value is -1.98. The lowest BCUT2D eigenvalue weighted by Crippen LogP contribution is -1.95. The molecule has 0 aliphatic heterocycles. The quantitative estimate of drug-likeness (QED) is 0.847. The van der Waals surface area contributed by atoms with E-state index in [1.54, 1.807) is 24.1 Å². The van der Waals surface area contributed by atoms with Crippen LogP contribution in [0.3, 0.4) is 0 Å². The van der Waals surface area contributed by atoms with Crippen LogP contribution in [0.5, 0.6) is 11.6 Å². The first kappa shape index (κ1) is 10.5. The summed E-state index contributed by atoms with van der Waals surface area (Å²) >= 11 is 0. The van der Waals surface area contributed by atoms with Crippen molar-refractivity contribution in [2.24, 2.45) is 7.05 Å². The second-order valence-corrected chi connectivity index (χ2v) is 3.60. The van der Waals surface area contributed by atoms with E-state index in [-0.39, 0.29) is 0 Å². The van der Waals surface area contributed by atoms with E-state index in [9.17, 15) is 0 Å². The third-order valence-electron chi connectivity index (χ3n) is 2.10. The van der Waals surface area contributed by atoms with Gasteiger partial charge < -0.3 is 10.5 Å². The van der Waals surface area contributed by atoms with E-state index >= 15 is 0 Å². The van der Waals surface area contributed by atoms with E-state index in [1.807, 2.05) is 10.9 Å². The highest BCUT2D eigenvalue weighted by Crippen LogP contribution is 2.24. The number of hydrogen-bond acceptors (Lipinski definition) is 4. The van der Waals surface area contributed by atoms with Gasteiger partial charge in [-0.1, -0.05) is 6.92 Å². The maximum atomic E-state index is 5.72. The zero-order valence-corrected chi connectivity index (χ0v) is 9.42. The van der Waals surface area contributed by atoms with Gasteiger partial charge in [-0.25, -0.2) is 0 Å². The molecule has 2 rings (SSSR count). The molecule has 0 amide bonds. The Morgan fingerprint density at radius 3 is 2.88 bits per heavy atom. The number of anilines is 1. The molecular weight excluding hydrogens is 206 g/mol. The van der Waals surface area contributed by atoms with Crippen molar-refractivity contribution in [3.63, 3.8) is 0 Å². The average Bonchev–Trinajstić information content (AvgIpc) is 2.76. The number of nitrogens with zero attached hydrogens (tertiary/aromatic N) is 4. The standard InChI is InChI=1S/C10H15N5O/c1-3-4-15-6-8(5-12-15)16-10-9(11)7-14(2)13-10/h5-7H,3-4,11H2,1-2H3. The third kappa shape index (κ3) is 2.16. The number of hydrogen-bond donors (Lipinski definition) is 1. The van der Waals surface area contributed by atoms with E-state index in [4.69, 9.17) is 10.5 Å². The minimum atomic E-state index is 0.415. The summed E-state index contributed by atoms with van der Waals surface area (Å²) < 4.78 is 8.96. The van der Waals surface area contributed by atoms with Crippen molar-refractivity contribution in [3.05, 3.63) is 18.6 Å². The van der Waals surface area contributed by atoms with Gasteiger partial charge >= 0.3 is 0 Å². The fourth-order valence-electron chi connectivity index (χ4n) is 1.43. The molecular formula is C10H15N5O. The zero-order chi connectivity index (χ0) is 11.5. The van der Waals surface area contributed by atoms with Gasteiger partial charge in [0.1, 0.15) is 5.69 Å². The predicted octanol–water partition coefficient (Wildman–Crippen LogP) is 1.40. The van der Waals surface area contributed by atoms with Crippen LogP contribution < -0.4 is 10.5 Å². The topological polar surface area (TPSA) is 70.9 Å². The lowest BCUT2D eigenvalue weighted by molar-refractivity contribution is 0.454. The van der Waals surface area contributed by atoms with Crippen molar-refractivity contribution in [3.8, 4) is 11.6 Å². The molecule has 6 nitrogen and oxygen atoms in total. The molecule has 0 fully saturated rings. The highest BCUT2D eigenvalue weighted by atomic mass is 16.5. The molecule has 6 heteroatoms. The maximum Gasteiger partial charge on any atom is 0.261 e. The summed E-state index contributed by atoms with van der Waals surface area (Å²) in [4.78, 5) is 0. The summed E-state index contributed by atoms with van der Waals surface area (Å²) in [7, 11) is 1.80. The predicted molar refractivity (Wildman–Crippen MR) is 60.2 cm³/mol. The van der Waals surface area contributed by atoms with E-state index in [0.29, 0.717) is 17.3 Å². The van der Waals surface area contributed by atoms with Gasteiger partial charge in [-0.3, -0.25) is 9.36 Å². The first-order valence-corrected chi connectivity index (χ1v) is 5.18. The summed E-state index contributed by atoms with van der Waals surface area (Å²) in [5.41, 5.74) is 6.24. The van der Waals surface area contributed by atoms with E-state index in [1.165, 1.54) is 0 Å². The lowest BCUT2D eigenvalue weighted by Gasteiger charge is -1.98. The largest absolute Gasteiger partial charge is 0.433 e. The van der Waals surface area contributed by atoms with Gasteiger partial charge in [-0.05, 0) is 6.42 Å². The fourth-order valence-corrected chi connectivity index (χ4v) is 1.43. The van der Waals surface area contributed by atoms with Crippen molar-refractivity contribution in [1.82, 2.24) is 19.6 Å². The molecule has 2 N–H and O–H groups in total. The highest BCUT2D eigenvalue weighted by molar-refractivity contribution is 5.47. The maximum absolute atomic E-state index is 5.72. The second-order valence-electron chi connectivity index (χ2n) is 3.60. The molecule has 0 bridgehead atoms. The molecule has 2 aromatic rings. The van der Waals surface area contributed by atoms with Gasteiger partial charge in [0.15, 0.2) is 5.75 Å². The molecule has 2 heterocycles. The second kappa shape index (κ2) is 4.26. The molecule has 0 radical (unpaired) electrons. The van der Waals surface area contributed by atoms with Crippen molar-refractivity contribution in [1.29, 1.82) is 0 Å². The van der Waals surface area contributed by atoms with Crippen molar-refractivity contribution >= 4 is 5.69 Å². The molecule has 0 aromatic carbocycles. The average molecular weight is 221 g/mol. The number of aromatic nitrogens is 4. The molecule has 0 aliphatic rings.